The topological polar surface area (TPSA) is 41.3 Å². The van der Waals surface area contributed by atoms with Crippen LogP contribution in [0.1, 0.15) is 57.5 Å². The van der Waals surface area contributed by atoms with E-state index in [2.05, 4.69) is 43.3 Å². The highest BCUT2D eigenvalue weighted by Gasteiger charge is 2.49. The van der Waals surface area contributed by atoms with Gasteiger partial charge in [-0.05, 0) is 58.7 Å². The van der Waals surface area contributed by atoms with Crippen molar-refractivity contribution in [3.63, 3.8) is 0 Å². The normalized spacial score (nSPS) is 26.6. The van der Waals surface area contributed by atoms with Crippen LogP contribution in [-0.2, 0) is 6.42 Å². The zero-order chi connectivity index (χ0) is 15.7. The zero-order valence-corrected chi connectivity index (χ0v) is 14.4. The maximum atomic E-state index is 10.2. The molecule has 0 saturated heterocycles. The minimum atomic E-state index is -0.224. The van der Waals surface area contributed by atoms with E-state index in [-0.39, 0.29) is 6.10 Å². The Hall–Kier alpha value is -0.870. The Kier molecular flexibility index (Phi) is 5.10. The first-order valence-corrected chi connectivity index (χ1v) is 8.26. The van der Waals surface area contributed by atoms with Crippen LogP contribution in [0.2, 0.25) is 0 Å². The predicted octanol–water partition coefficient (Wildman–Crippen LogP) is 2.69. The fourth-order valence-electron chi connectivity index (χ4n) is 3.50. The predicted molar refractivity (Wildman–Crippen MR) is 86.6 cm³/mol. The van der Waals surface area contributed by atoms with E-state index in [0.29, 0.717) is 23.8 Å². The van der Waals surface area contributed by atoms with Crippen molar-refractivity contribution < 1.29 is 5.11 Å². The number of likely N-dealkylation sites (N-methyl/N-ethyl adjacent to an activating group) is 1. The van der Waals surface area contributed by atoms with E-state index in [1.54, 1.807) is 0 Å². The molecular formula is C17H31N3O. The fraction of sp³-hybridized carbons (Fsp3) is 0.824. The molecule has 1 fully saturated rings. The van der Waals surface area contributed by atoms with E-state index < -0.39 is 0 Å². The third kappa shape index (κ3) is 3.67. The Morgan fingerprint density at radius 3 is 2.57 bits per heavy atom. The number of hydrogen-bond acceptors (Lipinski definition) is 3. The molecule has 1 saturated carbocycles. The molecule has 4 unspecified atom stereocenters. The van der Waals surface area contributed by atoms with Crippen LogP contribution in [0, 0.1) is 11.8 Å². The number of hydrogen-bond donors (Lipinski definition) is 1. The van der Waals surface area contributed by atoms with Gasteiger partial charge in [0.15, 0.2) is 0 Å². The summed E-state index contributed by atoms with van der Waals surface area (Å²) < 4.78 is 2.19. The number of aliphatic hydroxyl groups excluding tert-OH is 1. The van der Waals surface area contributed by atoms with Crippen molar-refractivity contribution in [1.29, 1.82) is 0 Å². The fourth-order valence-corrected chi connectivity index (χ4v) is 3.50. The largest absolute Gasteiger partial charge is 0.392 e. The molecule has 0 bridgehead atoms. The number of aliphatic hydroxyl groups is 1. The highest BCUT2D eigenvalue weighted by Crippen LogP contribution is 2.56. The SMILES string of the molecule is CCc1cc(C2C(C)C2CC(O)CN(C)C)n(C(C)C)n1. The Balaban J connectivity index is 2.08. The van der Waals surface area contributed by atoms with Gasteiger partial charge in [-0.15, -0.1) is 0 Å². The average molecular weight is 293 g/mol. The van der Waals surface area contributed by atoms with Crippen molar-refractivity contribution in [2.24, 2.45) is 11.8 Å². The summed E-state index contributed by atoms with van der Waals surface area (Å²) in [5, 5.41) is 14.9. The second-order valence-electron chi connectivity index (χ2n) is 7.15. The maximum Gasteiger partial charge on any atom is 0.0669 e. The molecule has 4 nitrogen and oxygen atoms in total. The quantitative estimate of drug-likeness (QED) is 0.840. The number of rotatable bonds is 7. The van der Waals surface area contributed by atoms with Crippen LogP contribution in [0.25, 0.3) is 0 Å². The molecule has 2 rings (SSSR count). The van der Waals surface area contributed by atoms with Crippen LogP contribution >= 0.6 is 0 Å². The Morgan fingerprint density at radius 1 is 1.38 bits per heavy atom. The van der Waals surface area contributed by atoms with Gasteiger partial charge in [0, 0.05) is 24.2 Å². The summed E-state index contributed by atoms with van der Waals surface area (Å²) in [6, 6.07) is 2.68. The monoisotopic (exact) mass is 293 g/mol. The molecule has 1 aromatic heterocycles. The van der Waals surface area contributed by atoms with Crippen LogP contribution in [0.3, 0.4) is 0 Å². The van der Waals surface area contributed by atoms with Crippen molar-refractivity contribution in [2.75, 3.05) is 20.6 Å². The van der Waals surface area contributed by atoms with E-state index >= 15 is 0 Å². The van der Waals surface area contributed by atoms with E-state index in [1.807, 2.05) is 14.1 Å². The maximum absolute atomic E-state index is 10.2. The van der Waals surface area contributed by atoms with Crippen LogP contribution in [-0.4, -0.2) is 46.5 Å². The molecule has 120 valence electrons. The van der Waals surface area contributed by atoms with Crippen molar-refractivity contribution in [3.05, 3.63) is 17.5 Å². The molecular weight excluding hydrogens is 262 g/mol. The molecule has 1 heterocycles. The van der Waals surface area contributed by atoms with Crippen LogP contribution in [0.5, 0.6) is 0 Å². The molecule has 0 spiro atoms. The molecule has 1 aliphatic rings. The molecule has 0 aromatic carbocycles. The lowest BCUT2D eigenvalue weighted by molar-refractivity contribution is 0.120. The highest BCUT2D eigenvalue weighted by molar-refractivity contribution is 5.24. The summed E-state index contributed by atoms with van der Waals surface area (Å²) in [4.78, 5) is 2.06. The Bertz CT molecular complexity index is 467. The minimum absolute atomic E-state index is 0.224. The van der Waals surface area contributed by atoms with Gasteiger partial charge in [-0.25, -0.2) is 0 Å². The van der Waals surface area contributed by atoms with Gasteiger partial charge >= 0.3 is 0 Å². The van der Waals surface area contributed by atoms with Gasteiger partial charge in [-0.3, -0.25) is 4.68 Å². The van der Waals surface area contributed by atoms with Crippen LogP contribution < -0.4 is 0 Å². The summed E-state index contributed by atoms with van der Waals surface area (Å²) >= 11 is 0. The minimum Gasteiger partial charge on any atom is -0.392 e. The van der Waals surface area contributed by atoms with Gasteiger partial charge in [0.05, 0.1) is 11.8 Å². The number of aryl methyl sites for hydroxylation is 1. The average Bonchev–Trinajstić information content (AvgIpc) is 2.85. The smallest absolute Gasteiger partial charge is 0.0669 e. The van der Waals surface area contributed by atoms with Crippen LogP contribution in [0.4, 0.5) is 0 Å². The van der Waals surface area contributed by atoms with E-state index in [0.717, 1.165) is 19.4 Å². The summed E-state index contributed by atoms with van der Waals surface area (Å²) in [6.45, 7) is 9.60. The zero-order valence-electron chi connectivity index (χ0n) is 14.4. The highest BCUT2D eigenvalue weighted by atomic mass is 16.3. The van der Waals surface area contributed by atoms with Crippen molar-refractivity contribution in [2.45, 2.75) is 58.6 Å². The van der Waals surface area contributed by atoms with E-state index in [9.17, 15) is 5.11 Å². The molecule has 1 N–H and O–H groups in total. The van der Waals surface area contributed by atoms with Crippen molar-refractivity contribution in [1.82, 2.24) is 14.7 Å². The molecule has 0 radical (unpaired) electrons. The van der Waals surface area contributed by atoms with Gasteiger partial charge in [0.25, 0.3) is 0 Å². The Labute approximate surface area is 129 Å². The molecule has 0 amide bonds. The van der Waals surface area contributed by atoms with Crippen LogP contribution in [0.15, 0.2) is 6.07 Å². The van der Waals surface area contributed by atoms with E-state index in [1.165, 1.54) is 11.4 Å². The van der Waals surface area contributed by atoms with Crippen molar-refractivity contribution >= 4 is 0 Å². The lowest BCUT2D eigenvalue weighted by Crippen LogP contribution is -2.26. The second-order valence-corrected chi connectivity index (χ2v) is 7.15. The second kappa shape index (κ2) is 6.49. The van der Waals surface area contributed by atoms with Gasteiger partial charge < -0.3 is 10.0 Å². The third-order valence-electron chi connectivity index (χ3n) is 4.69. The number of aromatic nitrogens is 2. The molecule has 4 atom stereocenters. The molecule has 21 heavy (non-hydrogen) atoms. The lowest BCUT2D eigenvalue weighted by atomic mass is 10.1. The Morgan fingerprint density at radius 2 is 2.05 bits per heavy atom. The van der Waals surface area contributed by atoms with E-state index in [4.69, 9.17) is 5.10 Å². The first-order valence-electron chi connectivity index (χ1n) is 8.26. The van der Waals surface area contributed by atoms with Gasteiger partial charge in [-0.1, -0.05) is 13.8 Å². The molecule has 4 heteroatoms. The molecule has 0 aliphatic heterocycles. The summed E-state index contributed by atoms with van der Waals surface area (Å²) in [5.74, 6) is 1.82. The van der Waals surface area contributed by atoms with Gasteiger partial charge in [-0.2, -0.15) is 5.10 Å². The first kappa shape index (κ1) is 16.5. The summed E-state index contributed by atoms with van der Waals surface area (Å²) in [5.41, 5.74) is 2.56. The van der Waals surface area contributed by atoms with Crippen molar-refractivity contribution in [3.8, 4) is 0 Å². The molecule has 1 aliphatic carbocycles. The standard InChI is InChI=1S/C17H31N3O/c1-7-13-8-16(20(18-13)11(2)3)17-12(4)15(17)9-14(21)10-19(5)6/h8,11-12,14-15,17,21H,7,9-10H2,1-6H3. The first-order chi connectivity index (χ1) is 9.85. The van der Waals surface area contributed by atoms with Gasteiger partial charge in [0.2, 0.25) is 0 Å². The van der Waals surface area contributed by atoms with Gasteiger partial charge in [0.1, 0.15) is 0 Å². The summed E-state index contributed by atoms with van der Waals surface area (Å²) in [6.07, 6.45) is 1.66. The summed E-state index contributed by atoms with van der Waals surface area (Å²) in [7, 11) is 4.02. The number of nitrogens with zero attached hydrogens (tertiary/aromatic N) is 3. The molecule has 1 aromatic rings. The third-order valence-corrected chi connectivity index (χ3v) is 4.69. The lowest BCUT2D eigenvalue weighted by Gasteiger charge is -2.16.